The van der Waals surface area contributed by atoms with Crippen molar-refractivity contribution < 1.29 is 10.0 Å². The van der Waals surface area contributed by atoms with Gasteiger partial charge in [0.1, 0.15) is 5.84 Å². The molecule has 1 heterocycles. The number of amides is 1. The van der Waals surface area contributed by atoms with Gasteiger partial charge in [0.05, 0.1) is 6.04 Å². The number of nitrogens with zero attached hydrogens (tertiary/aromatic N) is 2. The Balaban J connectivity index is 2.23. The molecule has 1 amide bonds. The zero-order chi connectivity index (χ0) is 10.6. The third-order valence-corrected chi connectivity index (χ3v) is 2.33. The highest BCUT2D eigenvalue weighted by Crippen LogP contribution is 2.07. The van der Waals surface area contributed by atoms with Gasteiger partial charge in [0.2, 0.25) is 5.91 Å². The molecule has 1 rings (SSSR count). The topological polar surface area (TPSA) is 90.9 Å². The Kier molecular flexibility index (Phi) is 3.70. The summed E-state index contributed by atoms with van der Waals surface area (Å²) in [6.45, 7) is 1.35. The molecule has 1 unspecified atom stereocenters. The van der Waals surface area contributed by atoms with Gasteiger partial charge >= 0.3 is 0 Å². The van der Waals surface area contributed by atoms with Crippen LogP contribution in [0.3, 0.4) is 0 Å². The molecule has 6 nitrogen and oxygen atoms in total. The Morgan fingerprint density at radius 3 is 3.07 bits per heavy atom. The van der Waals surface area contributed by atoms with E-state index in [2.05, 4.69) is 10.5 Å². The monoisotopic (exact) mass is 200 g/mol. The second-order valence-electron chi connectivity index (χ2n) is 3.40. The Hall–Kier alpha value is -1.30. The molecule has 0 aliphatic carbocycles. The van der Waals surface area contributed by atoms with Crippen LogP contribution in [0.25, 0.3) is 0 Å². The van der Waals surface area contributed by atoms with E-state index in [4.69, 9.17) is 10.9 Å². The van der Waals surface area contributed by atoms with E-state index in [1.165, 1.54) is 0 Å². The second kappa shape index (κ2) is 4.80. The van der Waals surface area contributed by atoms with Crippen molar-refractivity contribution in [2.75, 3.05) is 20.1 Å². The van der Waals surface area contributed by atoms with Crippen molar-refractivity contribution in [3.63, 3.8) is 0 Å². The molecule has 0 aromatic carbocycles. The molecule has 0 aromatic heterocycles. The molecule has 1 aliphatic heterocycles. The van der Waals surface area contributed by atoms with Crippen molar-refractivity contribution in [1.29, 1.82) is 0 Å². The summed E-state index contributed by atoms with van der Waals surface area (Å²) in [5.74, 6) is 0.292. The highest BCUT2D eigenvalue weighted by Gasteiger charge is 2.27. The van der Waals surface area contributed by atoms with Crippen molar-refractivity contribution in [2.24, 2.45) is 10.9 Å². The summed E-state index contributed by atoms with van der Waals surface area (Å²) in [4.78, 5) is 13.1. The van der Waals surface area contributed by atoms with E-state index in [0.717, 1.165) is 13.0 Å². The minimum atomic E-state index is -0.105. The molecule has 0 saturated carbocycles. The van der Waals surface area contributed by atoms with Crippen molar-refractivity contribution in [3.05, 3.63) is 0 Å². The van der Waals surface area contributed by atoms with Crippen molar-refractivity contribution in [2.45, 2.75) is 18.9 Å². The van der Waals surface area contributed by atoms with Crippen LogP contribution in [0.2, 0.25) is 0 Å². The third kappa shape index (κ3) is 2.59. The molecule has 0 bridgehead atoms. The Morgan fingerprint density at radius 2 is 2.57 bits per heavy atom. The summed E-state index contributed by atoms with van der Waals surface area (Å²) >= 11 is 0. The van der Waals surface area contributed by atoms with Crippen molar-refractivity contribution in [3.8, 4) is 0 Å². The van der Waals surface area contributed by atoms with Gasteiger partial charge in [-0.2, -0.15) is 0 Å². The average Bonchev–Trinajstić information content (AvgIpc) is 2.49. The number of carbonyl (C=O) groups is 1. The Bertz CT molecular complexity index is 241. The fraction of sp³-hybridized carbons (Fsp3) is 0.750. The first-order chi connectivity index (χ1) is 6.65. The number of nitrogens with two attached hydrogens (primary N) is 1. The van der Waals surface area contributed by atoms with E-state index in [0.29, 0.717) is 13.0 Å². The Morgan fingerprint density at radius 1 is 1.86 bits per heavy atom. The number of oxime groups is 1. The van der Waals surface area contributed by atoms with Gasteiger partial charge in [-0.1, -0.05) is 5.16 Å². The molecule has 80 valence electrons. The third-order valence-electron chi connectivity index (χ3n) is 2.33. The molecular formula is C8H16N4O2. The standard InChI is InChI=1S/C8H16N4O2/c1-12-5-3-6(8(12)13)10-4-2-7(9)11-14/h6,10,14H,2-5H2,1H3,(H2,9,11). The van der Waals surface area contributed by atoms with Crippen LogP contribution in [-0.4, -0.2) is 48.0 Å². The molecule has 1 saturated heterocycles. The summed E-state index contributed by atoms with van der Waals surface area (Å²) in [6, 6.07) is -0.105. The summed E-state index contributed by atoms with van der Waals surface area (Å²) in [6.07, 6.45) is 1.27. The summed E-state index contributed by atoms with van der Waals surface area (Å²) in [5.41, 5.74) is 5.28. The number of hydrogen-bond donors (Lipinski definition) is 3. The lowest BCUT2D eigenvalue weighted by Crippen LogP contribution is -2.38. The van der Waals surface area contributed by atoms with Crippen LogP contribution < -0.4 is 11.1 Å². The molecule has 1 atom stereocenters. The quantitative estimate of drug-likeness (QED) is 0.233. The largest absolute Gasteiger partial charge is 0.409 e. The van der Waals surface area contributed by atoms with Gasteiger partial charge in [0, 0.05) is 26.6 Å². The summed E-state index contributed by atoms with van der Waals surface area (Å²) in [7, 11) is 1.79. The van der Waals surface area contributed by atoms with Crippen LogP contribution in [0.1, 0.15) is 12.8 Å². The predicted molar refractivity (Wildman–Crippen MR) is 52.1 cm³/mol. The number of likely N-dealkylation sites (N-methyl/N-ethyl adjacent to an activating group) is 1. The van der Waals surface area contributed by atoms with Gasteiger partial charge in [-0.3, -0.25) is 4.79 Å². The number of amidine groups is 1. The minimum Gasteiger partial charge on any atom is -0.409 e. The number of carbonyl (C=O) groups excluding carboxylic acids is 1. The maximum absolute atomic E-state index is 11.4. The van der Waals surface area contributed by atoms with Crippen LogP contribution in [0.4, 0.5) is 0 Å². The molecule has 1 aliphatic rings. The average molecular weight is 200 g/mol. The van der Waals surface area contributed by atoms with Crippen LogP contribution in [0.5, 0.6) is 0 Å². The molecule has 6 heteroatoms. The lowest BCUT2D eigenvalue weighted by molar-refractivity contribution is -0.128. The lowest BCUT2D eigenvalue weighted by Gasteiger charge is -2.11. The zero-order valence-corrected chi connectivity index (χ0v) is 8.23. The predicted octanol–water partition coefficient (Wildman–Crippen LogP) is -1.06. The highest BCUT2D eigenvalue weighted by molar-refractivity contribution is 5.84. The van der Waals surface area contributed by atoms with Crippen molar-refractivity contribution >= 4 is 11.7 Å². The highest BCUT2D eigenvalue weighted by atomic mass is 16.4. The number of likely N-dealkylation sites (tertiary alicyclic amines) is 1. The smallest absolute Gasteiger partial charge is 0.239 e. The van der Waals surface area contributed by atoms with Gasteiger partial charge in [0.25, 0.3) is 0 Å². The number of rotatable bonds is 4. The van der Waals surface area contributed by atoms with E-state index in [9.17, 15) is 4.79 Å². The molecule has 0 radical (unpaired) electrons. The Labute approximate surface area is 82.7 Å². The van der Waals surface area contributed by atoms with Gasteiger partial charge in [-0.25, -0.2) is 0 Å². The van der Waals surface area contributed by atoms with E-state index in [1.54, 1.807) is 11.9 Å². The SMILES string of the molecule is CN1CCC(NCCC(N)=NO)C1=O. The first kappa shape index (κ1) is 10.8. The summed E-state index contributed by atoms with van der Waals surface area (Å²) < 4.78 is 0. The molecule has 1 fully saturated rings. The second-order valence-corrected chi connectivity index (χ2v) is 3.40. The van der Waals surface area contributed by atoms with Crippen LogP contribution in [-0.2, 0) is 4.79 Å². The lowest BCUT2D eigenvalue weighted by atomic mass is 10.2. The fourth-order valence-corrected chi connectivity index (χ4v) is 1.44. The molecule has 0 aromatic rings. The minimum absolute atomic E-state index is 0.105. The van der Waals surface area contributed by atoms with Crippen LogP contribution in [0.15, 0.2) is 5.16 Å². The molecular weight excluding hydrogens is 184 g/mol. The molecule has 4 N–H and O–H groups in total. The van der Waals surface area contributed by atoms with Gasteiger partial charge in [-0.05, 0) is 6.42 Å². The van der Waals surface area contributed by atoms with Crippen LogP contribution in [0, 0.1) is 0 Å². The van der Waals surface area contributed by atoms with Gasteiger partial charge < -0.3 is 21.2 Å². The number of hydrogen-bond acceptors (Lipinski definition) is 4. The maximum atomic E-state index is 11.4. The first-order valence-corrected chi connectivity index (χ1v) is 4.60. The fourth-order valence-electron chi connectivity index (χ4n) is 1.44. The zero-order valence-electron chi connectivity index (χ0n) is 8.23. The van der Waals surface area contributed by atoms with Gasteiger partial charge in [0.15, 0.2) is 0 Å². The van der Waals surface area contributed by atoms with Crippen LogP contribution >= 0.6 is 0 Å². The molecule has 14 heavy (non-hydrogen) atoms. The summed E-state index contributed by atoms with van der Waals surface area (Å²) in [5, 5.41) is 14.2. The van der Waals surface area contributed by atoms with E-state index in [1.807, 2.05) is 0 Å². The van der Waals surface area contributed by atoms with Crippen molar-refractivity contribution in [1.82, 2.24) is 10.2 Å². The normalized spacial score (nSPS) is 23.2. The number of nitrogens with one attached hydrogen (secondary N) is 1. The maximum Gasteiger partial charge on any atom is 0.239 e. The van der Waals surface area contributed by atoms with E-state index < -0.39 is 0 Å². The first-order valence-electron chi connectivity index (χ1n) is 4.60. The van der Waals surface area contributed by atoms with Gasteiger partial charge in [-0.15, -0.1) is 0 Å². The molecule has 0 spiro atoms. The van der Waals surface area contributed by atoms with E-state index in [-0.39, 0.29) is 17.8 Å². The van der Waals surface area contributed by atoms with E-state index >= 15 is 0 Å².